The van der Waals surface area contributed by atoms with E-state index in [2.05, 4.69) is 0 Å². The van der Waals surface area contributed by atoms with Gasteiger partial charge in [-0.1, -0.05) is 114 Å². The summed E-state index contributed by atoms with van der Waals surface area (Å²) < 4.78 is 0.573. The van der Waals surface area contributed by atoms with E-state index < -0.39 is 0 Å². The Morgan fingerprint density at radius 3 is 1.37 bits per heavy atom. The Morgan fingerprint density at radius 2 is 1.00 bits per heavy atom. The van der Waals surface area contributed by atoms with E-state index in [4.69, 9.17) is 12.2 Å². The Morgan fingerprint density at radius 1 is 0.657 bits per heavy atom. The van der Waals surface area contributed by atoms with Crippen molar-refractivity contribution >= 4 is 46.0 Å². The van der Waals surface area contributed by atoms with Crippen molar-refractivity contribution in [2.45, 2.75) is 41.5 Å². The van der Waals surface area contributed by atoms with Crippen molar-refractivity contribution in [2.24, 2.45) is 0 Å². The molecule has 1 fully saturated rings. The van der Waals surface area contributed by atoms with E-state index >= 15 is 0 Å². The molecule has 0 saturated carbocycles. The first kappa shape index (κ1) is 67.4. The molecule has 6 radical (unpaired) electrons. The maximum absolute atomic E-state index is 12.5. The molecule has 1 aliphatic heterocycles. The van der Waals surface area contributed by atoms with Crippen molar-refractivity contribution < 1.29 is 201 Å². The van der Waals surface area contributed by atoms with Gasteiger partial charge in [0.1, 0.15) is 0 Å². The number of rotatable bonds is 2. The third-order valence-corrected chi connectivity index (χ3v) is 4.21. The number of benzene rings is 2. The molecular formula is C25H38NOS2Y6-3. The van der Waals surface area contributed by atoms with Gasteiger partial charge in [-0.15, -0.1) is 0 Å². The number of thioether (sulfide) groups is 1. The molecule has 0 unspecified atom stereocenters. The molecule has 182 valence electrons. The van der Waals surface area contributed by atoms with Crippen molar-refractivity contribution in [2.75, 3.05) is 4.90 Å². The van der Waals surface area contributed by atoms with Gasteiger partial charge in [0.15, 0.2) is 4.32 Å². The topological polar surface area (TPSA) is 20.3 Å². The molecule has 1 amide bonds. The summed E-state index contributed by atoms with van der Waals surface area (Å²) in [6.07, 6.45) is 1.88. The summed E-state index contributed by atoms with van der Waals surface area (Å²) >= 11 is 6.66. The SMILES string of the molecule is CC.CC.CC.O=C1C(=Cc2ccccc2)SC(=S)N1c1ccccc1.[CH3-].[CH3-].[CH3-].[Y].[Y].[Y].[Y].[Y].[Y]. The van der Waals surface area contributed by atoms with Crippen LogP contribution in [-0.2, 0) is 201 Å². The first-order valence-electron chi connectivity index (χ1n) is 9.14. The fourth-order valence-corrected chi connectivity index (χ4v) is 3.27. The summed E-state index contributed by atoms with van der Waals surface area (Å²) in [7, 11) is 0. The molecule has 2 aromatic carbocycles. The molecule has 0 N–H and O–H groups in total. The van der Waals surface area contributed by atoms with Crippen LogP contribution >= 0.6 is 24.0 Å². The molecule has 0 atom stereocenters. The Kier molecular flexibility index (Phi) is 88.0. The predicted molar refractivity (Wildman–Crippen MR) is 142 cm³/mol. The number of carbonyl (C=O) groups is 1. The summed E-state index contributed by atoms with van der Waals surface area (Å²) in [4.78, 5) is 14.7. The van der Waals surface area contributed by atoms with Crippen molar-refractivity contribution in [3.05, 3.63) is 93.4 Å². The maximum Gasteiger partial charge on any atom is 0.270 e. The summed E-state index contributed by atoms with van der Waals surface area (Å²) in [5.74, 6) is -0.0601. The van der Waals surface area contributed by atoms with Gasteiger partial charge in [0.25, 0.3) is 5.91 Å². The van der Waals surface area contributed by atoms with Gasteiger partial charge in [0.05, 0.1) is 10.6 Å². The van der Waals surface area contributed by atoms with Crippen LogP contribution in [0.5, 0.6) is 0 Å². The van der Waals surface area contributed by atoms with Crippen molar-refractivity contribution in [1.82, 2.24) is 0 Å². The number of anilines is 1. The van der Waals surface area contributed by atoms with Gasteiger partial charge in [-0.3, -0.25) is 9.69 Å². The summed E-state index contributed by atoms with van der Waals surface area (Å²) in [6, 6.07) is 19.3. The smallest absolute Gasteiger partial charge is 0.270 e. The van der Waals surface area contributed by atoms with Crippen LogP contribution < -0.4 is 4.90 Å². The Bertz CT molecular complexity index is 706. The molecular weight excluding hydrogens is 928 g/mol. The molecule has 35 heavy (non-hydrogen) atoms. The van der Waals surface area contributed by atoms with Crippen molar-refractivity contribution in [3.63, 3.8) is 0 Å². The molecule has 0 aliphatic carbocycles. The normalized spacial score (nSPS) is 10.2. The molecule has 0 bridgehead atoms. The second-order valence-corrected chi connectivity index (χ2v) is 5.94. The zero-order valence-corrected chi connectivity index (χ0v) is 41.6. The monoisotopic (exact) mass is 966 g/mol. The molecule has 3 rings (SSSR count). The van der Waals surface area contributed by atoms with Crippen molar-refractivity contribution in [1.29, 1.82) is 0 Å². The van der Waals surface area contributed by atoms with Crippen LogP contribution in [0.4, 0.5) is 5.69 Å². The van der Waals surface area contributed by atoms with Crippen LogP contribution in [0.2, 0.25) is 0 Å². The van der Waals surface area contributed by atoms with Gasteiger partial charge >= 0.3 is 0 Å². The quantitative estimate of drug-likeness (QED) is 0.171. The van der Waals surface area contributed by atoms with E-state index in [0.29, 0.717) is 9.23 Å². The first-order valence-corrected chi connectivity index (χ1v) is 10.4. The van der Waals surface area contributed by atoms with Gasteiger partial charge in [0, 0.05) is 196 Å². The Balaban J connectivity index is -0.0000000487. The minimum Gasteiger partial charge on any atom is -0.358 e. The molecule has 0 aromatic heterocycles. The number of amides is 1. The third-order valence-electron chi connectivity index (χ3n) is 2.91. The molecule has 2 aromatic rings. The second-order valence-electron chi connectivity index (χ2n) is 4.26. The van der Waals surface area contributed by atoms with Gasteiger partial charge in [-0.05, 0) is 23.8 Å². The van der Waals surface area contributed by atoms with E-state index in [1.807, 2.05) is 108 Å². The van der Waals surface area contributed by atoms with Gasteiger partial charge in [-0.25, -0.2) is 0 Å². The average molecular weight is 966 g/mol. The first-order chi connectivity index (χ1) is 12.8. The minimum absolute atomic E-state index is 0. The summed E-state index contributed by atoms with van der Waals surface area (Å²) in [6.45, 7) is 12.0. The minimum atomic E-state index is -0.0601. The zero-order valence-electron chi connectivity index (χ0n) is 23.0. The number of para-hydroxylation sites is 1. The fourth-order valence-electron chi connectivity index (χ4n) is 1.97. The van der Waals surface area contributed by atoms with Crippen molar-refractivity contribution in [3.8, 4) is 0 Å². The number of nitrogens with zero attached hydrogens (tertiary/aromatic N) is 1. The average Bonchev–Trinajstić information content (AvgIpc) is 3.01. The van der Waals surface area contributed by atoms with Crippen LogP contribution in [0.3, 0.4) is 0 Å². The largest absolute Gasteiger partial charge is 0.358 e. The predicted octanol–water partition coefficient (Wildman–Crippen LogP) is 8.51. The maximum atomic E-state index is 12.5. The van der Waals surface area contributed by atoms with E-state index in [1.54, 1.807) is 4.90 Å². The molecule has 1 aliphatic rings. The molecule has 0 spiro atoms. The molecule has 1 saturated heterocycles. The van der Waals surface area contributed by atoms with E-state index in [0.717, 1.165) is 11.3 Å². The number of hydrogen-bond acceptors (Lipinski definition) is 3. The third kappa shape index (κ3) is 26.1. The molecule has 10 heteroatoms. The number of carbonyl (C=O) groups excluding carboxylic acids is 1. The van der Waals surface area contributed by atoms with Gasteiger partial charge < -0.3 is 22.3 Å². The van der Waals surface area contributed by atoms with Crippen LogP contribution in [-0.4, -0.2) is 10.2 Å². The van der Waals surface area contributed by atoms with Crippen LogP contribution in [0.15, 0.2) is 65.6 Å². The van der Waals surface area contributed by atoms with E-state index in [1.165, 1.54) is 11.8 Å². The van der Waals surface area contributed by atoms with Crippen LogP contribution in [0, 0.1) is 22.3 Å². The molecule has 1 heterocycles. The standard InChI is InChI=1S/C16H11NOS2.3C2H6.3CH3.6Y/c18-15-14(11-12-7-3-1-4-8-12)20-16(19)17(15)13-9-5-2-6-10-13;3*1-2;;;;;;;;;/h1-11H;3*1-2H3;3*1H3;;;;;;/q;;;;3*-1;;;;;;. The van der Waals surface area contributed by atoms with E-state index in [-0.39, 0.29) is 224 Å². The summed E-state index contributed by atoms with van der Waals surface area (Å²) in [5, 5.41) is 0. The number of hydrogen-bond donors (Lipinski definition) is 0. The second kappa shape index (κ2) is 45.7. The number of thiocarbonyl (C=S) groups is 1. The van der Waals surface area contributed by atoms with E-state index in [9.17, 15) is 4.79 Å². The fraction of sp³-hybridized carbons (Fsp3) is 0.240. The van der Waals surface area contributed by atoms with Crippen LogP contribution in [0.1, 0.15) is 47.1 Å². The van der Waals surface area contributed by atoms with Gasteiger partial charge in [-0.2, -0.15) is 0 Å². The Hall–Kier alpha value is 4.71. The van der Waals surface area contributed by atoms with Crippen LogP contribution in [0.25, 0.3) is 6.08 Å². The summed E-state index contributed by atoms with van der Waals surface area (Å²) in [5.41, 5.74) is 1.81. The van der Waals surface area contributed by atoms with Gasteiger partial charge in [0.2, 0.25) is 0 Å². The Labute approximate surface area is 378 Å². The molecule has 2 nitrogen and oxygen atoms in total. The zero-order chi connectivity index (χ0) is 19.9.